The molecule has 6 heteroatoms. The number of hydrogen-bond donors (Lipinski definition) is 0. The molecule has 0 fully saturated rings. The van der Waals surface area contributed by atoms with E-state index in [4.69, 9.17) is 4.74 Å². The van der Waals surface area contributed by atoms with Crippen molar-refractivity contribution >= 4 is 41.1 Å². The van der Waals surface area contributed by atoms with Crippen molar-refractivity contribution in [3.8, 4) is 5.75 Å². The first kappa shape index (κ1) is 40.6. The second-order valence-corrected chi connectivity index (χ2v) is 16.9. The van der Waals surface area contributed by atoms with Crippen LogP contribution < -0.4 is 4.74 Å². The maximum atomic E-state index is 14.1. The third kappa shape index (κ3) is 10.8. The van der Waals surface area contributed by atoms with Gasteiger partial charge in [-0.05, 0) is 79.3 Å². The number of unbranched alkanes of at least 4 members (excludes halogenated alkanes) is 9. The molecule has 280 valence electrons. The molecule has 0 aromatic heterocycles. The molecule has 4 nitrogen and oxygen atoms in total. The van der Waals surface area contributed by atoms with E-state index in [1.165, 1.54) is 68.7 Å². The number of carbonyl (C=O) groups is 3. The normalized spacial score (nSPS) is 12.9. The van der Waals surface area contributed by atoms with E-state index in [0.29, 0.717) is 33.9 Å². The molecule has 1 aliphatic rings. The monoisotopic (exact) mass is 748 g/mol. The summed E-state index contributed by atoms with van der Waals surface area (Å²) in [7, 11) is 0. The van der Waals surface area contributed by atoms with Gasteiger partial charge in [0, 0.05) is 41.8 Å². The van der Waals surface area contributed by atoms with Gasteiger partial charge in [0.2, 0.25) is 0 Å². The largest absolute Gasteiger partial charge is 0.426 e. The maximum Gasteiger partial charge on any atom is 0.314 e. The van der Waals surface area contributed by atoms with Gasteiger partial charge in [-0.15, -0.1) is 0 Å². The fourth-order valence-corrected chi connectivity index (χ4v) is 9.08. The molecular formula is C47H56O4S2. The van der Waals surface area contributed by atoms with E-state index in [-0.39, 0.29) is 23.5 Å². The number of ether oxygens (including phenoxy) is 1. The molecule has 4 aromatic carbocycles. The van der Waals surface area contributed by atoms with Gasteiger partial charge in [0.25, 0.3) is 0 Å². The molecule has 0 heterocycles. The standard InChI is InChI=1S/C47H56O4S2/c1-6-8-10-12-13-14-16-20-34(19-15-11-9-7-2)47(50)51-36-26-28-37(29-27-36)52-41-23-17-21-38-43(41)45(48)39-22-18-24-42(44(39)46(38)49)53-40-30-25-35(32(3)4)31-33(40)5/h17-18,21-32,34H,6-16,19-20H2,1-5H3. The predicted molar refractivity (Wildman–Crippen MR) is 220 cm³/mol. The fourth-order valence-electron chi connectivity index (χ4n) is 7.06. The van der Waals surface area contributed by atoms with Crippen molar-refractivity contribution in [2.45, 2.75) is 144 Å². The molecule has 0 saturated heterocycles. The third-order valence-corrected chi connectivity index (χ3v) is 12.6. The summed E-state index contributed by atoms with van der Waals surface area (Å²) >= 11 is 2.99. The van der Waals surface area contributed by atoms with Crippen molar-refractivity contribution in [1.82, 2.24) is 0 Å². The van der Waals surface area contributed by atoms with Gasteiger partial charge in [-0.3, -0.25) is 14.4 Å². The van der Waals surface area contributed by atoms with E-state index in [1.807, 2.05) is 48.5 Å². The van der Waals surface area contributed by atoms with Crippen LogP contribution >= 0.6 is 23.5 Å². The average molecular weight is 749 g/mol. The topological polar surface area (TPSA) is 60.4 Å². The van der Waals surface area contributed by atoms with Crippen LogP contribution in [0.15, 0.2) is 98.4 Å². The zero-order valence-electron chi connectivity index (χ0n) is 32.3. The minimum Gasteiger partial charge on any atom is -0.426 e. The quantitative estimate of drug-likeness (QED) is 0.0449. The maximum absolute atomic E-state index is 14.1. The number of benzene rings is 4. The first-order chi connectivity index (χ1) is 25.7. The summed E-state index contributed by atoms with van der Waals surface area (Å²) in [6.07, 6.45) is 14.9. The Morgan fingerprint density at radius 2 is 1.15 bits per heavy atom. The molecule has 0 radical (unpaired) electrons. The molecule has 0 aliphatic heterocycles. The second-order valence-electron chi connectivity index (χ2n) is 14.7. The van der Waals surface area contributed by atoms with E-state index in [2.05, 4.69) is 52.8 Å². The van der Waals surface area contributed by atoms with Crippen molar-refractivity contribution in [1.29, 1.82) is 0 Å². The highest BCUT2D eigenvalue weighted by molar-refractivity contribution is 7.99. The van der Waals surface area contributed by atoms with E-state index in [9.17, 15) is 14.4 Å². The minimum atomic E-state index is -0.136. The van der Waals surface area contributed by atoms with E-state index in [1.54, 1.807) is 23.9 Å². The lowest BCUT2D eigenvalue weighted by Gasteiger charge is -2.22. The molecule has 0 bridgehead atoms. The summed E-state index contributed by atoms with van der Waals surface area (Å²) in [6, 6.07) is 25.1. The summed E-state index contributed by atoms with van der Waals surface area (Å²) < 4.78 is 5.94. The van der Waals surface area contributed by atoms with Gasteiger partial charge in [-0.25, -0.2) is 0 Å². The summed E-state index contributed by atoms with van der Waals surface area (Å²) in [5.41, 5.74) is 4.23. The molecule has 1 unspecified atom stereocenters. The van der Waals surface area contributed by atoms with Crippen LogP contribution in [-0.2, 0) is 4.79 Å². The van der Waals surface area contributed by atoms with Gasteiger partial charge in [0.1, 0.15) is 5.75 Å². The Balaban J connectivity index is 1.26. The molecule has 0 amide bonds. The molecular weight excluding hydrogens is 693 g/mol. The van der Waals surface area contributed by atoms with Crippen LogP contribution in [0.2, 0.25) is 0 Å². The molecule has 5 rings (SSSR count). The Bertz CT molecular complexity index is 1860. The lowest BCUT2D eigenvalue weighted by molar-refractivity contribution is -0.139. The summed E-state index contributed by atoms with van der Waals surface area (Å²) in [4.78, 5) is 45.1. The van der Waals surface area contributed by atoms with Crippen molar-refractivity contribution in [3.63, 3.8) is 0 Å². The van der Waals surface area contributed by atoms with Crippen LogP contribution in [0.4, 0.5) is 0 Å². The second kappa shape index (κ2) is 20.2. The molecule has 1 atom stereocenters. The number of rotatable bonds is 20. The van der Waals surface area contributed by atoms with Crippen LogP contribution in [0.1, 0.15) is 160 Å². The minimum absolute atomic E-state index is 0.0767. The number of carbonyl (C=O) groups excluding carboxylic acids is 3. The SMILES string of the molecule is CCCCCCCCCC(CCCCCC)C(=O)Oc1ccc(Sc2cccc3c2C(=O)c2cccc(Sc4ccc(C(C)C)cc4C)c2C3=O)cc1. The molecule has 4 aromatic rings. The number of fused-ring (bicyclic) bond motifs is 2. The van der Waals surface area contributed by atoms with Crippen molar-refractivity contribution in [2.24, 2.45) is 5.92 Å². The van der Waals surface area contributed by atoms with Gasteiger partial charge in [0.05, 0.1) is 5.92 Å². The molecule has 53 heavy (non-hydrogen) atoms. The van der Waals surface area contributed by atoms with Crippen LogP contribution in [-0.4, -0.2) is 17.5 Å². The van der Waals surface area contributed by atoms with Gasteiger partial charge < -0.3 is 4.74 Å². The van der Waals surface area contributed by atoms with Crippen molar-refractivity contribution in [2.75, 3.05) is 0 Å². The number of aryl methyl sites for hydroxylation is 1. The summed E-state index contributed by atoms with van der Waals surface area (Å²) in [6.45, 7) is 10.9. The zero-order chi connectivity index (χ0) is 37.7. The number of ketones is 2. The zero-order valence-corrected chi connectivity index (χ0v) is 33.9. The average Bonchev–Trinajstić information content (AvgIpc) is 3.15. The molecule has 0 N–H and O–H groups in total. The first-order valence-corrected chi connectivity index (χ1v) is 21.5. The Labute approximate surface area is 326 Å². The Kier molecular flexibility index (Phi) is 15.4. The van der Waals surface area contributed by atoms with E-state index < -0.39 is 0 Å². The highest BCUT2D eigenvalue weighted by Crippen LogP contribution is 2.42. The van der Waals surface area contributed by atoms with Gasteiger partial charge in [0.15, 0.2) is 11.6 Å². The smallest absolute Gasteiger partial charge is 0.314 e. The lowest BCUT2D eigenvalue weighted by atomic mass is 9.84. The van der Waals surface area contributed by atoms with Gasteiger partial charge in [-0.1, -0.05) is 158 Å². The Hall–Kier alpha value is -3.61. The van der Waals surface area contributed by atoms with E-state index >= 15 is 0 Å². The summed E-state index contributed by atoms with van der Waals surface area (Å²) in [5, 5.41) is 0. The number of esters is 1. The Morgan fingerprint density at radius 3 is 1.70 bits per heavy atom. The molecule has 1 aliphatic carbocycles. The fraction of sp³-hybridized carbons (Fsp3) is 0.426. The summed E-state index contributed by atoms with van der Waals surface area (Å²) in [5.74, 6) is 0.498. The highest BCUT2D eigenvalue weighted by Gasteiger charge is 2.34. The van der Waals surface area contributed by atoms with E-state index in [0.717, 1.165) is 57.2 Å². The van der Waals surface area contributed by atoms with Crippen LogP contribution in [0.3, 0.4) is 0 Å². The first-order valence-electron chi connectivity index (χ1n) is 19.8. The van der Waals surface area contributed by atoms with Crippen molar-refractivity contribution < 1.29 is 19.1 Å². The molecule has 0 saturated carbocycles. The predicted octanol–water partition coefficient (Wildman–Crippen LogP) is 13.8. The van der Waals surface area contributed by atoms with Gasteiger partial charge >= 0.3 is 5.97 Å². The molecule has 0 spiro atoms. The van der Waals surface area contributed by atoms with Crippen LogP contribution in [0.25, 0.3) is 0 Å². The number of hydrogen-bond acceptors (Lipinski definition) is 6. The van der Waals surface area contributed by atoms with Crippen LogP contribution in [0.5, 0.6) is 5.75 Å². The van der Waals surface area contributed by atoms with Gasteiger partial charge in [-0.2, -0.15) is 0 Å². The third-order valence-electron chi connectivity index (χ3n) is 10.2. The highest BCUT2D eigenvalue weighted by atomic mass is 32.2. The lowest BCUT2D eigenvalue weighted by Crippen LogP contribution is -2.22. The van der Waals surface area contributed by atoms with Crippen molar-refractivity contribution in [3.05, 3.63) is 112 Å². The Morgan fingerprint density at radius 1 is 0.623 bits per heavy atom. The van der Waals surface area contributed by atoms with Crippen LogP contribution in [0, 0.1) is 12.8 Å².